The van der Waals surface area contributed by atoms with Crippen molar-refractivity contribution < 1.29 is 9.90 Å². The Morgan fingerprint density at radius 3 is 2.46 bits per heavy atom. The monoisotopic (exact) mass is 389 g/mol. The summed E-state index contributed by atoms with van der Waals surface area (Å²) in [7, 11) is 0. The van der Waals surface area contributed by atoms with Crippen LogP contribution in [0, 0.1) is 0 Å². The minimum Gasteiger partial charge on any atom is -0.481 e. The third-order valence-electron chi connectivity index (χ3n) is 5.02. The Balaban J connectivity index is 1.84. The number of aliphatic carboxylic acids is 1. The number of carboxylic acids is 1. The zero-order valence-electron chi connectivity index (χ0n) is 15.3. The van der Waals surface area contributed by atoms with E-state index in [-0.39, 0.29) is 12.3 Å². The first kappa shape index (κ1) is 18.3. The van der Waals surface area contributed by atoms with Crippen molar-refractivity contribution in [3.05, 3.63) is 107 Å². The Hall–Kier alpha value is -3.04. The van der Waals surface area contributed by atoms with E-state index < -0.39 is 5.97 Å². The van der Waals surface area contributed by atoms with Crippen LogP contribution in [-0.4, -0.2) is 15.6 Å². The molecular weight excluding hydrogens is 370 g/mol. The summed E-state index contributed by atoms with van der Waals surface area (Å²) < 4.78 is 2.19. The van der Waals surface area contributed by atoms with Gasteiger partial charge < -0.3 is 9.67 Å². The maximum Gasteiger partial charge on any atom is 0.304 e. The molecule has 1 N–H and O–H groups in total. The third kappa shape index (κ3) is 3.80. The molecule has 1 atom stereocenters. The standard InChI is InChI=1S/C24H20ClNO2/c25-19-10-6-9-18(13-19)21(14-24(27)28)22-16-26(15-17-7-2-1-3-8-17)23-12-5-4-11-20(22)23/h1-13,16,21H,14-15H2,(H,27,28). The van der Waals surface area contributed by atoms with Crippen LogP contribution < -0.4 is 0 Å². The lowest BCUT2D eigenvalue weighted by Crippen LogP contribution is -2.08. The van der Waals surface area contributed by atoms with Crippen LogP contribution in [0.2, 0.25) is 5.02 Å². The molecule has 0 aliphatic rings. The molecule has 0 amide bonds. The molecule has 1 unspecified atom stereocenters. The molecule has 0 aliphatic heterocycles. The van der Waals surface area contributed by atoms with Gasteiger partial charge in [0.15, 0.2) is 0 Å². The molecule has 3 nitrogen and oxygen atoms in total. The van der Waals surface area contributed by atoms with Gasteiger partial charge in [-0.3, -0.25) is 4.79 Å². The van der Waals surface area contributed by atoms with Gasteiger partial charge in [0, 0.05) is 34.6 Å². The number of halogens is 1. The van der Waals surface area contributed by atoms with Gasteiger partial charge in [0.1, 0.15) is 0 Å². The molecule has 1 heterocycles. The fraction of sp³-hybridized carbons (Fsp3) is 0.125. The summed E-state index contributed by atoms with van der Waals surface area (Å²) >= 11 is 6.19. The molecule has 0 aliphatic carbocycles. The highest BCUT2D eigenvalue weighted by Gasteiger charge is 2.22. The van der Waals surface area contributed by atoms with Gasteiger partial charge >= 0.3 is 5.97 Å². The fourth-order valence-electron chi connectivity index (χ4n) is 3.77. The van der Waals surface area contributed by atoms with Crippen LogP contribution in [0.3, 0.4) is 0 Å². The van der Waals surface area contributed by atoms with Crippen molar-refractivity contribution in [2.45, 2.75) is 18.9 Å². The van der Waals surface area contributed by atoms with Crippen LogP contribution in [0.15, 0.2) is 85.1 Å². The van der Waals surface area contributed by atoms with Crippen LogP contribution in [0.1, 0.15) is 29.0 Å². The number of hydrogen-bond acceptors (Lipinski definition) is 1. The van der Waals surface area contributed by atoms with Crippen LogP contribution in [0.25, 0.3) is 10.9 Å². The first-order chi connectivity index (χ1) is 13.6. The molecule has 1 aromatic heterocycles. The minimum absolute atomic E-state index is 0.0136. The maximum absolute atomic E-state index is 11.6. The van der Waals surface area contributed by atoms with Crippen molar-refractivity contribution in [3.63, 3.8) is 0 Å². The van der Waals surface area contributed by atoms with Gasteiger partial charge in [0.2, 0.25) is 0 Å². The number of nitrogens with zero attached hydrogens (tertiary/aromatic N) is 1. The van der Waals surface area contributed by atoms with Crippen LogP contribution in [0.4, 0.5) is 0 Å². The van der Waals surface area contributed by atoms with Gasteiger partial charge in [-0.05, 0) is 34.9 Å². The lowest BCUT2D eigenvalue weighted by molar-refractivity contribution is -0.137. The maximum atomic E-state index is 11.6. The molecule has 140 valence electrons. The Morgan fingerprint density at radius 2 is 1.71 bits per heavy atom. The highest BCUT2D eigenvalue weighted by atomic mass is 35.5. The minimum atomic E-state index is -0.829. The summed E-state index contributed by atoms with van der Waals surface area (Å²) in [6.07, 6.45) is 2.10. The van der Waals surface area contributed by atoms with Gasteiger partial charge in [-0.25, -0.2) is 0 Å². The first-order valence-corrected chi connectivity index (χ1v) is 9.58. The predicted molar refractivity (Wildman–Crippen MR) is 113 cm³/mol. The highest BCUT2D eigenvalue weighted by molar-refractivity contribution is 6.30. The summed E-state index contributed by atoms with van der Waals surface area (Å²) in [6, 6.07) is 25.9. The molecule has 4 heteroatoms. The third-order valence-corrected chi connectivity index (χ3v) is 5.26. The Bertz CT molecular complexity index is 1120. The van der Waals surface area contributed by atoms with Crippen molar-refractivity contribution in [1.82, 2.24) is 4.57 Å². The predicted octanol–water partition coefficient (Wildman–Crippen LogP) is 5.95. The average Bonchev–Trinajstić information content (AvgIpc) is 3.05. The molecule has 0 fully saturated rings. The molecular formula is C24H20ClNO2. The largest absolute Gasteiger partial charge is 0.481 e. The Labute approximate surface area is 168 Å². The van der Waals surface area contributed by atoms with Crippen LogP contribution >= 0.6 is 11.6 Å². The summed E-state index contributed by atoms with van der Waals surface area (Å²) in [5.41, 5.74) is 4.22. The number of rotatable bonds is 6. The van der Waals surface area contributed by atoms with E-state index in [0.29, 0.717) is 5.02 Å². The number of fused-ring (bicyclic) bond motifs is 1. The topological polar surface area (TPSA) is 42.2 Å². The summed E-state index contributed by atoms with van der Waals surface area (Å²) in [5.74, 6) is -1.09. The Kier molecular flexibility index (Phi) is 5.18. The van der Waals surface area contributed by atoms with E-state index in [9.17, 15) is 9.90 Å². The zero-order chi connectivity index (χ0) is 19.5. The number of para-hydroxylation sites is 1. The summed E-state index contributed by atoms with van der Waals surface area (Å²) in [5, 5.41) is 11.2. The van der Waals surface area contributed by atoms with Gasteiger partial charge in [-0.1, -0.05) is 72.3 Å². The van der Waals surface area contributed by atoms with Crippen molar-refractivity contribution >= 4 is 28.5 Å². The smallest absolute Gasteiger partial charge is 0.304 e. The molecule has 0 bridgehead atoms. The van der Waals surface area contributed by atoms with Crippen molar-refractivity contribution in [1.29, 1.82) is 0 Å². The van der Waals surface area contributed by atoms with Crippen molar-refractivity contribution in [3.8, 4) is 0 Å². The van der Waals surface area contributed by atoms with Gasteiger partial charge in [0.25, 0.3) is 0 Å². The fourth-order valence-corrected chi connectivity index (χ4v) is 3.97. The van der Waals surface area contributed by atoms with Crippen LogP contribution in [-0.2, 0) is 11.3 Å². The molecule has 0 saturated carbocycles. The lowest BCUT2D eigenvalue weighted by Gasteiger charge is -2.15. The lowest BCUT2D eigenvalue weighted by atomic mass is 9.88. The first-order valence-electron chi connectivity index (χ1n) is 9.21. The van der Waals surface area contributed by atoms with E-state index in [1.54, 1.807) is 0 Å². The Morgan fingerprint density at radius 1 is 0.964 bits per heavy atom. The zero-order valence-corrected chi connectivity index (χ0v) is 16.0. The SMILES string of the molecule is O=C(O)CC(c1cccc(Cl)c1)c1cn(Cc2ccccc2)c2ccccc12. The second-order valence-electron chi connectivity index (χ2n) is 6.92. The molecule has 28 heavy (non-hydrogen) atoms. The van der Waals surface area contributed by atoms with Gasteiger partial charge in [-0.2, -0.15) is 0 Å². The van der Waals surface area contributed by atoms with E-state index in [1.807, 2.05) is 54.6 Å². The van der Waals surface area contributed by atoms with E-state index >= 15 is 0 Å². The number of carbonyl (C=O) groups is 1. The number of carboxylic acid groups (broad SMARTS) is 1. The van der Waals surface area contributed by atoms with E-state index in [0.717, 1.165) is 28.6 Å². The number of benzene rings is 3. The normalized spacial score (nSPS) is 12.2. The number of aromatic nitrogens is 1. The second-order valence-corrected chi connectivity index (χ2v) is 7.36. The van der Waals surface area contributed by atoms with Crippen molar-refractivity contribution in [2.75, 3.05) is 0 Å². The van der Waals surface area contributed by atoms with Crippen molar-refractivity contribution in [2.24, 2.45) is 0 Å². The van der Waals surface area contributed by atoms with E-state index in [4.69, 9.17) is 11.6 Å². The summed E-state index contributed by atoms with van der Waals surface area (Å²) in [4.78, 5) is 11.6. The molecule has 3 aromatic carbocycles. The molecule has 0 spiro atoms. The van der Waals surface area contributed by atoms with E-state index in [2.05, 4.69) is 35.0 Å². The second kappa shape index (κ2) is 7.91. The quantitative estimate of drug-likeness (QED) is 0.442. The molecule has 4 aromatic rings. The molecule has 4 rings (SSSR count). The number of hydrogen-bond donors (Lipinski definition) is 1. The highest BCUT2D eigenvalue weighted by Crippen LogP contribution is 2.35. The van der Waals surface area contributed by atoms with Crippen LogP contribution in [0.5, 0.6) is 0 Å². The van der Waals surface area contributed by atoms with Gasteiger partial charge in [0.05, 0.1) is 6.42 Å². The average molecular weight is 390 g/mol. The van der Waals surface area contributed by atoms with Gasteiger partial charge in [-0.15, -0.1) is 0 Å². The molecule has 0 radical (unpaired) electrons. The van der Waals surface area contributed by atoms with E-state index in [1.165, 1.54) is 5.56 Å². The molecule has 0 saturated heterocycles. The summed E-state index contributed by atoms with van der Waals surface area (Å²) in [6.45, 7) is 0.733.